The normalized spacial score (nSPS) is 18.7. The quantitative estimate of drug-likeness (QED) is 0.814. The lowest BCUT2D eigenvalue weighted by molar-refractivity contribution is 0.367. The molecule has 1 aliphatic rings. The number of hydrogen-bond acceptors (Lipinski definition) is 2. The molecule has 0 fully saturated rings. The fourth-order valence-corrected chi connectivity index (χ4v) is 2.41. The SMILES string of the molecule is CC1CCc2nc(Cc3ccccc3F)nn2C1. The van der Waals surface area contributed by atoms with E-state index in [0.717, 1.165) is 31.0 Å². The van der Waals surface area contributed by atoms with Gasteiger partial charge in [-0.25, -0.2) is 14.1 Å². The summed E-state index contributed by atoms with van der Waals surface area (Å²) in [5.41, 5.74) is 0.661. The van der Waals surface area contributed by atoms with E-state index >= 15 is 0 Å². The van der Waals surface area contributed by atoms with Crippen molar-refractivity contribution in [3.05, 3.63) is 47.3 Å². The Bertz CT molecular complexity index is 562. The summed E-state index contributed by atoms with van der Waals surface area (Å²) in [7, 11) is 0. The van der Waals surface area contributed by atoms with Gasteiger partial charge >= 0.3 is 0 Å². The standard InChI is InChI=1S/C14H16FN3/c1-10-6-7-14-16-13(17-18(14)9-10)8-11-4-2-3-5-12(11)15/h2-5,10H,6-9H2,1H3. The highest BCUT2D eigenvalue weighted by molar-refractivity contribution is 5.21. The Hall–Kier alpha value is -1.71. The number of halogens is 1. The van der Waals surface area contributed by atoms with Gasteiger partial charge in [0.25, 0.3) is 0 Å². The van der Waals surface area contributed by atoms with Gasteiger partial charge in [-0.1, -0.05) is 25.1 Å². The average molecular weight is 245 g/mol. The fraction of sp³-hybridized carbons (Fsp3) is 0.429. The third kappa shape index (κ3) is 2.15. The zero-order chi connectivity index (χ0) is 12.5. The van der Waals surface area contributed by atoms with Gasteiger partial charge in [0.15, 0.2) is 5.82 Å². The van der Waals surface area contributed by atoms with Crippen LogP contribution in [0, 0.1) is 11.7 Å². The number of rotatable bonds is 2. The van der Waals surface area contributed by atoms with E-state index in [1.54, 1.807) is 12.1 Å². The molecule has 18 heavy (non-hydrogen) atoms. The minimum atomic E-state index is -0.182. The van der Waals surface area contributed by atoms with Crippen LogP contribution in [0.5, 0.6) is 0 Å². The molecule has 4 heteroatoms. The molecule has 0 saturated carbocycles. The second-order valence-corrected chi connectivity index (χ2v) is 5.04. The van der Waals surface area contributed by atoms with E-state index in [0.29, 0.717) is 17.9 Å². The topological polar surface area (TPSA) is 30.7 Å². The van der Waals surface area contributed by atoms with Crippen molar-refractivity contribution in [2.45, 2.75) is 32.7 Å². The van der Waals surface area contributed by atoms with Crippen molar-refractivity contribution in [2.75, 3.05) is 0 Å². The first-order valence-electron chi connectivity index (χ1n) is 6.38. The summed E-state index contributed by atoms with van der Waals surface area (Å²) in [6.45, 7) is 3.15. The lowest BCUT2D eigenvalue weighted by Crippen LogP contribution is -2.18. The number of hydrogen-bond donors (Lipinski definition) is 0. The van der Waals surface area contributed by atoms with Gasteiger partial charge in [0.05, 0.1) is 0 Å². The Morgan fingerprint density at radius 1 is 1.39 bits per heavy atom. The molecule has 0 N–H and O–H groups in total. The maximum Gasteiger partial charge on any atom is 0.155 e. The van der Waals surface area contributed by atoms with Crippen LogP contribution in [0.2, 0.25) is 0 Å². The molecule has 0 spiro atoms. The van der Waals surface area contributed by atoms with Gasteiger partial charge in [0.1, 0.15) is 11.6 Å². The van der Waals surface area contributed by atoms with E-state index in [1.807, 2.05) is 10.7 Å². The van der Waals surface area contributed by atoms with Gasteiger partial charge in [-0.15, -0.1) is 0 Å². The van der Waals surface area contributed by atoms with Gasteiger partial charge in [-0.3, -0.25) is 0 Å². The molecule has 3 nitrogen and oxygen atoms in total. The second kappa shape index (κ2) is 4.52. The summed E-state index contributed by atoms with van der Waals surface area (Å²) >= 11 is 0. The van der Waals surface area contributed by atoms with Crippen LogP contribution in [0.1, 0.15) is 30.6 Å². The molecular formula is C14H16FN3. The summed E-state index contributed by atoms with van der Waals surface area (Å²) in [6, 6.07) is 6.81. The number of aryl methyl sites for hydroxylation is 1. The largest absolute Gasteiger partial charge is 0.250 e. The van der Waals surface area contributed by atoms with Gasteiger partial charge in [-0.05, 0) is 24.0 Å². The fourth-order valence-electron chi connectivity index (χ4n) is 2.41. The maximum absolute atomic E-state index is 13.6. The molecular weight excluding hydrogens is 229 g/mol. The maximum atomic E-state index is 13.6. The lowest BCUT2D eigenvalue weighted by atomic mass is 10.0. The molecule has 94 valence electrons. The molecule has 0 saturated heterocycles. The second-order valence-electron chi connectivity index (χ2n) is 5.04. The molecule has 2 heterocycles. The van der Waals surface area contributed by atoms with Crippen LogP contribution < -0.4 is 0 Å². The molecule has 1 aliphatic heterocycles. The van der Waals surface area contributed by atoms with E-state index in [4.69, 9.17) is 0 Å². The Kier molecular flexibility index (Phi) is 2.86. The third-order valence-corrected chi connectivity index (χ3v) is 3.44. The molecule has 0 bridgehead atoms. The summed E-state index contributed by atoms with van der Waals surface area (Å²) in [4.78, 5) is 4.51. The monoisotopic (exact) mass is 245 g/mol. The zero-order valence-electron chi connectivity index (χ0n) is 10.4. The van der Waals surface area contributed by atoms with Crippen LogP contribution in [-0.4, -0.2) is 14.8 Å². The molecule has 1 unspecified atom stereocenters. The van der Waals surface area contributed by atoms with Crippen LogP contribution in [0.25, 0.3) is 0 Å². The summed E-state index contributed by atoms with van der Waals surface area (Å²) in [5, 5.41) is 4.48. The van der Waals surface area contributed by atoms with Crippen molar-refractivity contribution in [1.82, 2.24) is 14.8 Å². The minimum absolute atomic E-state index is 0.182. The predicted molar refractivity (Wildman–Crippen MR) is 66.7 cm³/mol. The van der Waals surface area contributed by atoms with E-state index in [9.17, 15) is 4.39 Å². The number of fused-ring (bicyclic) bond motifs is 1. The van der Waals surface area contributed by atoms with Crippen LogP contribution >= 0.6 is 0 Å². The van der Waals surface area contributed by atoms with Crippen molar-refractivity contribution in [2.24, 2.45) is 5.92 Å². The first-order valence-corrected chi connectivity index (χ1v) is 6.38. The van der Waals surface area contributed by atoms with E-state index < -0.39 is 0 Å². The predicted octanol–water partition coefficient (Wildman–Crippen LogP) is 2.59. The Morgan fingerprint density at radius 2 is 2.22 bits per heavy atom. The van der Waals surface area contributed by atoms with Crippen LogP contribution in [0.15, 0.2) is 24.3 Å². The zero-order valence-corrected chi connectivity index (χ0v) is 10.4. The third-order valence-electron chi connectivity index (χ3n) is 3.44. The van der Waals surface area contributed by atoms with E-state index in [-0.39, 0.29) is 5.82 Å². The van der Waals surface area contributed by atoms with Crippen molar-refractivity contribution < 1.29 is 4.39 Å². The summed E-state index contributed by atoms with van der Waals surface area (Å²) in [5.74, 6) is 2.24. The Labute approximate surface area is 106 Å². The molecule has 0 amide bonds. The van der Waals surface area contributed by atoms with Gasteiger partial charge in [-0.2, -0.15) is 5.10 Å². The number of nitrogens with zero attached hydrogens (tertiary/aromatic N) is 3. The van der Waals surface area contributed by atoms with Crippen molar-refractivity contribution in [1.29, 1.82) is 0 Å². The summed E-state index contributed by atoms with van der Waals surface area (Å²) < 4.78 is 15.5. The Morgan fingerprint density at radius 3 is 3.06 bits per heavy atom. The van der Waals surface area contributed by atoms with Gasteiger partial charge in [0, 0.05) is 19.4 Å². The highest BCUT2D eigenvalue weighted by Crippen LogP contribution is 2.19. The molecule has 2 aromatic rings. The smallest absolute Gasteiger partial charge is 0.155 e. The van der Waals surface area contributed by atoms with Crippen molar-refractivity contribution in [3.63, 3.8) is 0 Å². The average Bonchev–Trinajstić information content (AvgIpc) is 2.73. The molecule has 1 aromatic heterocycles. The molecule has 1 aromatic carbocycles. The number of aromatic nitrogens is 3. The first kappa shape index (κ1) is 11.4. The summed E-state index contributed by atoms with van der Waals surface area (Å²) in [6.07, 6.45) is 2.62. The van der Waals surface area contributed by atoms with Crippen LogP contribution in [0.4, 0.5) is 4.39 Å². The Balaban J connectivity index is 1.84. The molecule has 3 rings (SSSR count). The first-order chi connectivity index (χ1) is 8.72. The van der Waals surface area contributed by atoms with Crippen LogP contribution in [0.3, 0.4) is 0 Å². The lowest BCUT2D eigenvalue weighted by Gasteiger charge is -2.17. The molecule has 0 aliphatic carbocycles. The minimum Gasteiger partial charge on any atom is -0.250 e. The van der Waals surface area contributed by atoms with Crippen molar-refractivity contribution >= 4 is 0 Å². The highest BCUT2D eigenvalue weighted by atomic mass is 19.1. The molecule has 0 radical (unpaired) electrons. The highest BCUT2D eigenvalue weighted by Gasteiger charge is 2.18. The van der Waals surface area contributed by atoms with Gasteiger partial charge in [0.2, 0.25) is 0 Å². The molecule has 1 atom stereocenters. The van der Waals surface area contributed by atoms with Gasteiger partial charge < -0.3 is 0 Å². The van der Waals surface area contributed by atoms with E-state index in [1.165, 1.54) is 6.07 Å². The number of benzene rings is 1. The van der Waals surface area contributed by atoms with E-state index in [2.05, 4.69) is 17.0 Å². The van der Waals surface area contributed by atoms with Crippen LogP contribution in [-0.2, 0) is 19.4 Å². The van der Waals surface area contributed by atoms with Crippen molar-refractivity contribution in [3.8, 4) is 0 Å².